The standard InChI is InChI=1S/C16H18O2/c1-16(2,17)12-18-15-10-6-9-14(11-15)13-7-4-3-5-8-13/h3-11,17H,12H2,1-2H3. The molecule has 0 atom stereocenters. The Kier molecular flexibility index (Phi) is 3.68. The molecule has 1 N–H and O–H groups in total. The molecule has 0 heterocycles. The summed E-state index contributed by atoms with van der Waals surface area (Å²) in [7, 11) is 0. The highest BCUT2D eigenvalue weighted by Gasteiger charge is 2.13. The third-order valence-corrected chi connectivity index (χ3v) is 2.53. The van der Waals surface area contributed by atoms with Crippen molar-refractivity contribution in [1.82, 2.24) is 0 Å². The maximum atomic E-state index is 9.64. The zero-order valence-electron chi connectivity index (χ0n) is 10.8. The Morgan fingerprint density at radius 1 is 0.944 bits per heavy atom. The number of hydrogen-bond acceptors (Lipinski definition) is 2. The van der Waals surface area contributed by atoms with Gasteiger partial charge in [-0.05, 0) is 37.1 Å². The molecule has 0 aliphatic rings. The Hall–Kier alpha value is -1.80. The predicted octanol–water partition coefficient (Wildman–Crippen LogP) is 3.50. The second-order valence-corrected chi connectivity index (χ2v) is 4.99. The summed E-state index contributed by atoms with van der Waals surface area (Å²) in [5.41, 5.74) is 1.46. The summed E-state index contributed by atoms with van der Waals surface area (Å²) in [6.07, 6.45) is 0. The minimum Gasteiger partial charge on any atom is -0.491 e. The van der Waals surface area contributed by atoms with Crippen molar-refractivity contribution in [3.8, 4) is 16.9 Å². The van der Waals surface area contributed by atoms with Gasteiger partial charge in [0.15, 0.2) is 0 Å². The van der Waals surface area contributed by atoms with Crippen LogP contribution in [0.1, 0.15) is 13.8 Å². The molecule has 94 valence electrons. The highest BCUT2D eigenvalue weighted by atomic mass is 16.5. The van der Waals surface area contributed by atoms with E-state index < -0.39 is 5.60 Å². The summed E-state index contributed by atoms with van der Waals surface area (Å²) in [4.78, 5) is 0. The van der Waals surface area contributed by atoms with Crippen molar-refractivity contribution in [3.05, 3.63) is 54.6 Å². The van der Waals surface area contributed by atoms with E-state index in [1.165, 1.54) is 0 Å². The smallest absolute Gasteiger partial charge is 0.120 e. The summed E-state index contributed by atoms with van der Waals surface area (Å²) in [5.74, 6) is 0.776. The Morgan fingerprint density at radius 2 is 1.61 bits per heavy atom. The van der Waals surface area contributed by atoms with Crippen LogP contribution in [0.25, 0.3) is 11.1 Å². The summed E-state index contributed by atoms with van der Waals surface area (Å²) < 4.78 is 5.58. The van der Waals surface area contributed by atoms with Gasteiger partial charge in [0.25, 0.3) is 0 Å². The third-order valence-electron chi connectivity index (χ3n) is 2.53. The Morgan fingerprint density at radius 3 is 2.28 bits per heavy atom. The number of ether oxygens (including phenoxy) is 1. The predicted molar refractivity (Wildman–Crippen MR) is 73.7 cm³/mol. The van der Waals surface area contributed by atoms with E-state index in [0.717, 1.165) is 16.9 Å². The van der Waals surface area contributed by atoms with Crippen LogP contribution < -0.4 is 4.74 Å². The topological polar surface area (TPSA) is 29.5 Å². The first-order valence-corrected chi connectivity index (χ1v) is 6.05. The number of benzene rings is 2. The summed E-state index contributed by atoms with van der Waals surface area (Å²) in [6.45, 7) is 3.74. The van der Waals surface area contributed by atoms with E-state index in [9.17, 15) is 5.11 Å². The normalized spacial score (nSPS) is 11.3. The summed E-state index contributed by atoms with van der Waals surface area (Å²) >= 11 is 0. The van der Waals surface area contributed by atoms with E-state index in [2.05, 4.69) is 12.1 Å². The Labute approximate surface area is 108 Å². The van der Waals surface area contributed by atoms with Crippen LogP contribution in [-0.2, 0) is 0 Å². The van der Waals surface area contributed by atoms with E-state index in [-0.39, 0.29) is 6.61 Å². The lowest BCUT2D eigenvalue weighted by Gasteiger charge is -2.18. The first-order valence-electron chi connectivity index (χ1n) is 6.05. The molecular formula is C16H18O2. The Balaban J connectivity index is 2.16. The second kappa shape index (κ2) is 5.23. The van der Waals surface area contributed by atoms with Gasteiger partial charge in [0.1, 0.15) is 12.4 Å². The molecule has 0 bridgehead atoms. The van der Waals surface area contributed by atoms with Crippen molar-refractivity contribution in [1.29, 1.82) is 0 Å². The van der Waals surface area contributed by atoms with E-state index in [1.807, 2.05) is 42.5 Å². The SMILES string of the molecule is CC(C)(O)COc1cccc(-c2ccccc2)c1. The molecule has 0 aliphatic carbocycles. The van der Waals surface area contributed by atoms with Gasteiger partial charge in [-0.3, -0.25) is 0 Å². The van der Waals surface area contributed by atoms with Crippen LogP contribution in [0, 0.1) is 0 Å². The molecule has 0 amide bonds. The van der Waals surface area contributed by atoms with Gasteiger partial charge in [0.2, 0.25) is 0 Å². The molecule has 0 aromatic heterocycles. The van der Waals surface area contributed by atoms with E-state index in [0.29, 0.717) is 0 Å². The fraction of sp³-hybridized carbons (Fsp3) is 0.250. The second-order valence-electron chi connectivity index (χ2n) is 4.99. The highest BCUT2D eigenvalue weighted by Crippen LogP contribution is 2.24. The average Bonchev–Trinajstić information content (AvgIpc) is 2.37. The van der Waals surface area contributed by atoms with Gasteiger partial charge < -0.3 is 9.84 Å². The van der Waals surface area contributed by atoms with Gasteiger partial charge in [0.05, 0.1) is 5.60 Å². The van der Waals surface area contributed by atoms with Gasteiger partial charge in [-0.1, -0.05) is 42.5 Å². The molecule has 2 aromatic carbocycles. The van der Waals surface area contributed by atoms with E-state index in [4.69, 9.17) is 4.74 Å². The van der Waals surface area contributed by atoms with E-state index >= 15 is 0 Å². The van der Waals surface area contributed by atoms with Crippen molar-refractivity contribution in [2.45, 2.75) is 19.4 Å². The first kappa shape index (κ1) is 12.7. The maximum Gasteiger partial charge on any atom is 0.120 e. The van der Waals surface area contributed by atoms with Gasteiger partial charge >= 0.3 is 0 Å². The molecule has 0 saturated heterocycles. The van der Waals surface area contributed by atoms with Crippen molar-refractivity contribution in [2.24, 2.45) is 0 Å². The molecule has 2 rings (SSSR count). The molecule has 0 radical (unpaired) electrons. The maximum absolute atomic E-state index is 9.64. The van der Waals surface area contributed by atoms with Crippen molar-refractivity contribution >= 4 is 0 Å². The highest BCUT2D eigenvalue weighted by molar-refractivity contribution is 5.64. The lowest BCUT2D eigenvalue weighted by Crippen LogP contribution is -2.27. The fourth-order valence-electron chi connectivity index (χ4n) is 1.66. The van der Waals surface area contributed by atoms with Crippen LogP contribution in [0.2, 0.25) is 0 Å². The molecule has 2 nitrogen and oxygen atoms in total. The first-order chi connectivity index (χ1) is 8.54. The minimum absolute atomic E-state index is 0.283. The van der Waals surface area contributed by atoms with Crippen LogP contribution >= 0.6 is 0 Å². The van der Waals surface area contributed by atoms with Crippen LogP contribution in [0.15, 0.2) is 54.6 Å². The Bertz CT molecular complexity index is 498. The van der Waals surface area contributed by atoms with Crippen LogP contribution in [-0.4, -0.2) is 17.3 Å². The van der Waals surface area contributed by atoms with Crippen LogP contribution in [0.5, 0.6) is 5.75 Å². The average molecular weight is 242 g/mol. The zero-order valence-corrected chi connectivity index (χ0v) is 10.8. The molecule has 0 fully saturated rings. The molecule has 18 heavy (non-hydrogen) atoms. The van der Waals surface area contributed by atoms with E-state index in [1.54, 1.807) is 13.8 Å². The lowest BCUT2D eigenvalue weighted by atomic mass is 10.1. The molecule has 0 unspecified atom stereocenters. The van der Waals surface area contributed by atoms with Crippen LogP contribution in [0.4, 0.5) is 0 Å². The van der Waals surface area contributed by atoms with Crippen molar-refractivity contribution < 1.29 is 9.84 Å². The molecule has 0 aliphatic heterocycles. The molecular weight excluding hydrogens is 224 g/mol. The molecule has 2 heteroatoms. The number of rotatable bonds is 4. The molecule has 2 aromatic rings. The molecule has 0 spiro atoms. The number of aliphatic hydroxyl groups is 1. The van der Waals surface area contributed by atoms with Gasteiger partial charge in [-0.25, -0.2) is 0 Å². The molecule has 0 saturated carbocycles. The number of hydrogen-bond donors (Lipinski definition) is 1. The largest absolute Gasteiger partial charge is 0.491 e. The van der Waals surface area contributed by atoms with Gasteiger partial charge in [-0.2, -0.15) is 0 Å². The summed E-state index contributed by atoms with van der Waals surface area (Å²) in [6, 6.07) is 18.1. The minimum atomic E-state index is -0.817. The van der Waals surface area contributed by atoms with Crippen molar-refractivity contribution in [2.75, 3.05) is 6.61 Å². The quantitative estimate of drug-likeness (QED) is 0.889. The monoisotopic (exact) mass is 242 g/mol. The van der Waals surface area contributed by atoms with Crippen LogP contribution in [0.3, 0.4) is 0 Å². The van der Waals surface area contributed by atoms with Gasteiger partial charge in [-0.15, -0.1) is 0 Å². The lowest BCUT2D eigenvalue weighted by molar-refractivity contribution is 0.0285. The van der Waals surface area contributed by atoms with Gasteiger partial charge in [0, 0.05) is 0 Å². The zero-order chi connectivity index (χ0) is 13.0. The fourth-order valence-corrected chi connectivity index (χ4v) is 1.66. The summed E-state index contributed by atoms with van der Waals surface area (Å²) in [5, 5.41) is 9.64. The van der Waals surface area contributed by atoms with Crippen molar-refractivity contribution in [3.63, 3.8) is 0 Å². The third kappa shape index (κ3) is 3.60.